The summed E-state index contributed by atoms with van der Waals surface area (Å²) in [7, 11) is 6.15. The minimum Gasteiger partial charge on any atom is -0.497 e. The van der Waals surface area contributed by atoms with Crippen molar-refractivity contribution in [2.45, 2.75) is 24.7 Å². The standard InChI is InChI=1S/C27H30N2O7/c1-15(16-6-8-18(32-2)9-7-16)29-14-27-11-10-19(36-27)22(23(27)26(29)31)25(30)28-17-12-20(33-3)24(35-5)21(13-17)34-4/h6-13,15,19,22-23H,14H2,1-5H3,(H,28,30)/t15-,19+,22+,23+,27+/m0/s1. The summed E-state index contributed by atoms with van der Waals surface area (Å²) >= 11 is 0. The van der Waals surface area contributed by atoms with Crippen molar-refractivity contribution in [3.63, 3.8) is 0 Å². The van der Waals surface area contributed by atoms with Crippen molar-refractivity contribution in [1.82, 2.24) is 4.90 Å². The molecule has 2 bridgehead atoms. The molecule has 1 spiro atoms. The first-order valence-corrected chi connectivity index (χ1v) is 11.8. The molecule has 0 unspecified atom stereocenters. The predicted molar refractivity (Wildman–Crippen MR) is 132 cm³/mol. The number of methoxy groups -OCH3 is 4. The van der Waals surface area contributed by atoms with Crippen LogP contribution in [0.2, 0.25) is 0 Å². The Morgan fingerprint density at radius 3 is 2.31 bits per heavy atom. The van der Waals surface area contributed by atoms with Gasteiger partial charge in [-0.2, -0.15) is 0 Å². The van der Waals surface area contributed by atoms with E-state index in [1.165, 1.54) is 21.3 Å². The molecular weight excluding hydrogens is 464 g/mol. The normalized spacial score (nSPS) is 26.5. The maximum Gasteiger partial charge on any atom is 0.231 e. The molecule has 5 atom stereocenters. The van der Waals surface area contributed by atoms with Crippen molar-refractivity contribution in [2.75, 3.05) is 40.3 Å². The van der Waals surface area contributed by atoms with Gasteiger partial charge in [-0.25, -0.2) is 0 Å². The van der Waals surface area contributed by atoms with Crippen LogP contribution in [0, 0.1) is 11.8 Å². The number of ether oxygens (including phenoxy) is 5. The summed E-state index contributed by atoms with van der Waals surface area (Å²) in [6.45, 7) is 2.38. The lowest BCUT2D eigenvalue weighted by Crippen LogP contribution is -2.41. The van der Waals surface area contributed by atoms with E-state index in [0.29, 0.717) is 29.5 Å². The van der Waals surface area contributed by atoms with Gasteiger partial charge in [0.25, 0.3) is 0 Å². The summed E-state index contributed by atoms with van der Waals surface area (Å²) in [4.78, 5) is 29.1. The molecule has 3 aliphatic heterocycles. The monoisotopic (exact) mass is 494 g/mol. The molecule has 9 nitrogen and oxygen atoms in total. The number of hydrogen-bond acceptors (Lipinski definition) is 7. The van der Waals surface area contributed by atoms with E-state index in [1.54, 1.807) is 24.1 Å². The predicted octanol–water partition coefficient (Wildman–Crippen LogP) is 3.20. The van der Waals surface area contributed by atoms with Gasteiger partial charge in [0.15, 0.2) is 11.5 Å². The maximum absolute atomic E-state index is 13.7. The molecule has 3 aliphatic rings. The number of nitrogens with zero attached hydrogens (tertiary/aromatic N) is 1. The number of rotatable bonds is 8. The molecule has 0 aliphatic carbocycles. The molecule has 5 rings (SSSR count). The lowest BCUT2D eigenvalue weighted by molar-refractivity contribution is -0.137. The highest BCUT2D eigenvalue weighted by Gasteiger charge is 2.67. The van der Waals surface area contributed by atoms with Gasteiger partial charge in [0.2, 0.25) is 17.6 Å². The van der Waals surface area contributed by atoms with E-state index in [9.17, 15) is 9.59 Å². The van der Waals surface area contributed by atoms with Gasteiger partial charge in [-0.3, -0.25) is 9.59 Å². The number of benzene rings is 2. The molecule has 0 radical (unpaired) electrons. The number of carbonyl (C=O) groups excluding carboxylic acids is 2. The van der Waals surface area contributed by atoms with Gasteiger partial charge in [0, 0.05) is 17.8 Å². The Bertz CT molecular complexity index is 1190. The van der Waals surface area contributed by atoms with Gasteiger partial charge in [0.1, 0.15) is 11.4 Å². The van der Waals surface area contributed by atoms with E-state index in [1.807, 2.05) is 43.3 Å². The number of fused-ring (bicyclic) bond motifs is 1. The second-order valence-corrected chi connectivity index (χ2v) is 9.22. The SMILES string of the molecule is COc1ccc([C@H](C)N2C[C@@]34C=C[C@@H](O3)[C@@H](C(=O)Nc3cc(OC)c(OC)c(OC)c3)[C@@H]4C2=O)cc1. The second-order valence-electron chi connectivity index (χ2n) is 9.22. The summed E-state index contributed by atoms with van der Waals surface area (Å²) in [6, 6.07) is 10.8. The Morgan fingerprint density at radius 2 is 1.72 bits per heavy atom. The first-order valence-electron chi connectivity index (χ1n) is 11.8. The van der Waals surface area contributed by atoms with Crippen LogP contribution in [0.5, 0.6) is 23.0 Å². The van der Waals surface area contributed by atoms with Gasteiger partial charge < -0.3 is 33.9 Å². The molecule has 0 saturated carbocycles. The van der Waals surface area contributed by atoms with Crippen molar-refractivity contribution in [1.29, 1.82) is 0 Å². The summed E-state index contributed by atoms with van der Waals surface area (Å²) in [5, 5.41) is 2.93. The molecule has 0 aromatic heterocycles. The van der Waals surface area contributed by atoms with Crippen LogP contribution >= 0.6 is 0 Å². The van der Waals surface area contributed by atoms with Crippen LogP contribution in [-0.4, -0.2) is 63.4 Å². The Hall–Kier alpha value is -3.72. The second kappa shape index (κ2) is 9.05. The van der Waals surface area contributed by atoms with Crippen LogP contribution in [0.15, 0.2) is 48.6 Å². The molecule has 190 valence electrons. The minimum atomic E-state index is -0.806. The fourth-order valence-corrected chi connectivity index (χ4v) is 5.60. The van der Waals surface area contributed by atoms with Crippen LogP contribution in [0.4, 0.5) is 5.69 Å². The molecule has 36 heavy (non-hydrogen) atoms. The first-order chi connectivity index (χ1) is 17.4. The molecule has 2 saturated heterocycles. The Kier molecular flexibility index (Phi) is 6.04. The van der Waals surface area contributed by atoms with E-state index in [4.69, 9.17) is 23.7 Å². The molecule has 2 aromatic carbocycles. The number of carbonyl (C=O) groups is 2. The van der Waals surface area contributed by atoms with Crippen molar-refractivity contribution < 1.29 is 33.3 Å². The van der Waals surface area contributed by atoms with Crippen molar-refractivity contribution in [2.24, 2.45) is 11.8 Å². The number of nitrogens with one attached hydrogen (secondary N) is 1. The molecule has 9 heteroatoms. The number of amides is 2. The quantitative estimate of drug-likeness (QED) is 0.563. The molecule has 2 amide bonds. The van der Waals surface area contributed by atoms with Gasteiger partial charge in [-0.15, -0.1) is 0 Å². The highest BCUT2D eigenvalue weighted by Crippen LogP contribution is 2.53. The minimum absolute atomic E-state index is 0.0878. The zero-order valence-corrected chi connectivity index (χ0v) is 20.9. The van der Waals surface area contributed by atoms with Gasteiger partial charge >= 0.3 is 0 Å². The van der Waals surface area contributed by atoms with E-state index >= 15 is 0 Å². The third-order valence-electron chi connectivity index (χ3n) is 7.43. The average Bonchev–Trinajstić information content (AvgIpc) is 3.55. The Morgan fingerprint density at radius 1 is 1.06 bits per heavy atom. The lowest BCUT2D eigenvalue weighted by Gasteiger charge is -2.28. The fraction of sp³-hybridized carbons (Fsp3) is 0.407. The van der Waals surface area contributed by atoms with Crippen molar-refractivity contribution in [3.05, 3.63) is 54.1 Å². The molecule has 2 fully saturated rings. The van der Waals surface area contributed by atoms with E-state index in [-0.39, 0.29) is 17.9 Å². The van der Waals surface area contributed by atoms with Crippen LogP contribution in [0.1, 0.15) is 18.5 Å². The topological polar surface area (TPSA) is 95.6 Å². The van der Waals surface area contributed by atoms with E-state index in [0.717, 1.165) is 11.3 Å². The zero-order chi connectivity index (χ0) is 25.6. The van der Waals surface area contributed by atoms with Gasteiger partial charge in [-0.1, -0.05) is 24.3 Å². The Balaban J connectivity index is 1.39. The maximum atomic E-state index is 13.7. The lowest BCUT2D eigenvalue weighted by atomic mass is 9.76. The van der Waals surface area contributed by atoms with Gasteiger partial charge in [-0.05, 0) is 24.6 Å². The number of hydrogen-bond donors (Lipinski definition) is 1. The van der Waals surface area contributed by atoms with Crippen LogP contribution in [0.3, 0.4) is 0 Å². The summed E-state index contributed by atoms with van der Waals surface area (Å²) < 4.78 is 27.7. The number of likely N-dealkylation sites (tertiary alicyclic amines) is 1. The highest BCUT2D eigenvalue weighted by atomic mass is 16.5. The summed E-state index contributed by atoms with van der Waals surface area (Å²) in [5.74, 6) is 0.381. The van der Waals surface area contributed by atoms with Gasteiger partial charge in [0.05, 0.1) is 59.0 Å². The van der Waals surface area contributed by atoms with E-state index in [2.05, 4.69) is 5.32 Å². The summed E-state index contributed by atoms with van der Waals surface area (Å²) in [5.41, 5.74) is 0.654. The average molecular weight is 495 g/mol. The zero-order valence-electron chi connectivity index (χ0n) is 20.9. The Labute approximate surface area is 209 Å². The number of anilines is 1. The smallest absolute Gasteiger partial charge is 0.231 e. The highest BCUT2D eigenvalue weighted by molar-refractivity contribution is 5.99. The molecule has 1 N–H and O–H groups in total. The van der Waals surface area contributed by atoms with Crippen LogP contribution in [-0.2, 0) is 14.3 Å². The third-order valence-corrected chi connectivity index (χ3v) is 7.43. The largest absolute Gasteiger partial charge is 0.497 e. The van der Waals surface area contributed by atoms with Crippen LogP contribution in [0.25, 0.3) is 0 Å². The first kappa shape index (κ1) is 24.0. The van der Waals surface area contributed by atoms with Crippen molar-refractivity contribution in [3.8, 4) is 23.0 Å². The van der Waals surface area contributed by atoms with Crippen LogP contribution < -0.4 is 24.3 Å². The molecule has 2 aromatic rings. The third kappa shape index (κ3) is 3.65. The summed E-state index contributed by atoms with van der Waals surface area (Å²) in [6.07, 6.45) is 3.38. The van der Waals surface area contributed by atoms with E-state index < -0.39 is 23.5 Å². The molecular formula is C27H30N2O7. The van der Waals surface area contributed by atoms with Crippen molar-refractivity contribution >= 4 is 17.5 Å². The molecule has 3 heterocycles. The fourth-order valence-electron chi connectivity index (χ4n) is 5.60.